The van der Waals surface area contributed by atoms with E-state index in [1.54, 1.807) is 6.92 Å². The van der Waals surface area contributed by atoms with Crippen molar-refractivity contribution in [3.8, 4) is 0 Å². The predicted molar refractivity (Wildman–Crippen MR) is 92.0 cm³/mol. The van der Waals surface area contributed by atoms with E-state index in [4.69, 9.17) is 4.74 Å². The van der Waals surface area contributed by atoms with Gasteiger partial charge in [-0.1, -0.05) is 48.5 Å². The fourth-order valence-corrected chi connectivity index (χ4v) is 3.01. The Morgan fingerprint density at radius 2 is 1.67 bits per heavy atom. The fourth-order valence-electron chi connectivity index (χ4n) is 3.01. The van der Waals surface area contributed by atoms with E-state index in [0.29, 0.717) is 5.90 Å². The molecule has 2 aromatic rings. The molecular weight excluding hydrogens is 302 g/mol. The number of Topliss-reactive ketones (excluding diaryl/α,β-unsaturated/α-hetero) is 1. The third kappa shape index (κ3) is 3.00. The van der Waals surface area contributed by atoms with Crippen LogP contribution in [0.4, 0.5) is 0 Å². The number of carbonyl (C=O) groups is 2. The van der Waals surface area contributed by atoms with Crippen molar-refractivity contribution >= 4 is 17.7 Å². The van der Waals surface area contributed by atoms with Crippen LogP contribution in [-0.4, -0.2) is 23.2 Å². The Bertz CT molecular complexity index is 783. The molecule has 0 radical (unpaired) electrons. The second-order valence-electron chi connectivity index (χ2n) is 6.19. The normalized spacial score (nSPS) is 21.1. The van der Waals surface area contributed by atoms with Crippen molar-refractivity contribution in [2.75, 3.05) is 0 Å². The van der Waals surface area contributed by atoms with Gasteiger partial charge in [-0.2, -0.15) is 0 Å². The lowest BCUT2D eigenvalue weighted by molar-refractivity contribution is -0.139. The molecule has 0 saturated carbocycles. The number of hydrogen-bond donors (Lipinski definition) is 0. The highest BCUT2D eigenvalue weighted by atomic mass is 16.6. The van der Waals surface area contributed by atoms with Gasteiger partial charge in [0.2, 0.25) is 5.90 Å². The minimum atomic E-state index is -1.11. The molecular formula is C20H19NO3. The van der Waals surface area contributed by atoms with Gasteiger partial charge in [-0.15, -0.1) is 0 Å². The third-order valence-corrected chi connectivity index (χ3v) is 4.33. The number of aliphatic imine (C=N–C) groups is 1. The van der Waals surface area contributed by atoms with E-state index in [1.807, 2.05) is 60.7 Å². The number of hydrogen-bond acceptors (Lipinski definition) is 4. The molecule has 1 aliphatic rings. The summed E-state index contributed by atoms with van der Waals surface area (Å²) >= 11 is 0. The Balaban J connectivity index is 2.04. The van der Waals surface area contributed by atoms with E-state index in [2.05, 4.69) is 4.99 Å². The lowest BCUT2D eigenvalue weighted by atomic mass is 9.78. The molecule has 1 aliphatic heterocycles. The average molecular weight is 321 g/mol. The second-order valence-corrected chi connectivity index (χ2v) is 6.19. The van der Waals surface area contributed by atoms with Gasteiger partial charge < -0.3 is 9.53 Å². The monoisotopic (exact) mass is 321 g/mol. The lowest BCUT2D eigenvalue weighted by Gasteiger charge is -2.27. The molecule has 0 spiro atoms. The minimum Gasteiger partial charge on any atom is -0.405 e. The van der Waals surface area contributed by atoms with Crippen LogP contribution >= 0.6 is 0 Å². The van der Waals surface area contributed by atoms with Crippen LogP contribution < -0.4 is 0 Å². The van der Waals surface area contributed by atoms with Crippen molar-refractivity contribution in [2.24, 2.45) is 4.99 Å². The summed E-state index contributed by atoms with van der Waals surface area (Å²) in [6.07, 6.45) is 0.237. The number of rotatable bonds is 5. The summed E-state index contributed by atoms with van der Waals surface area (Å²) in [5, 5.41) is 0. The lowest BCUT2D eigenvalue weighted by Crippen LogP contribution is -2.38. The van der Waals surface area contributed by atoms with Gasteiger partial charge in [0, 0.05) is 17.9 Å². The van der Waals surface area contributed by atoms with Gasteiger partial charge in [-0.25, -0.2) is 9.79 Å². The molecule has 0 saturated heterocycles. The zero-order valence-corrected chi connectivity index (χ0v) is 13.7. The van der Waals surface area contributed by atoms with Crippen molar-refractivity contribution in [1.29, 1.82) is 0 Å². The zero-order valence-electron chi connectivity index (χ0n) is 13.7. The van der Waals surface area contributed by atoms with Crippen molar-refractivity contribution in [1.82, 2.24) is 0 Å². The van der Waals surface area contributed by atoms with Crippen LogP contribution in [0.15, 0.2) is 65.7 Å². The zero-order chi connectivity index (χ0) is 17.2. The van der Waals surface area contributed by atoms with E-state index < -0.39 is 11.5 Å². The van der Waals surface area contributed by atoms with E-state index in [-0.39, 0.29) is 18.1 Å². The Morgan fingerprint density at radius 3 is 2.25 bits per heavy atom. The molecule has 0 aromatic heterocycles. The molecule has 3 rings (SSSR count). The van der Waals surface area contributed by atoms with Crippen LogP contribution in [0.5, 0.6) is 0 Å². The SMILES string of the molecule is CC(=O)C[C@H](c1ccccc1)[C@@]1(C)N=C(c2ccccc2)OC1=O. The molecule has 2 atom stereocenters. The predicted octanol–water partition coefficient (Wildman–Crippen LogP) is 3.51. The summed E-state index contributed by atoms with van der Waals surface area (Å²) in [4.78, 5) is 29.0. The van der Waals surface area contributed by atoms with E-state index in [0.717, 1.165) is 11.1 Å². The fraction of sp³-hybridized carbons (Fsp3) is 0.250. The van der Waals surface area contributed by atoms with Gasteiger partial charge in [-0.3, -0.25) is 0 Å². The van der Waals surface area contributed by atoms with Crippen molar-refractivity contribution in [3.63, 3.8) is 0 Å². The second kappa shape index (κ2) is 6.40. The number of carbonyl (C=O) groups excluding carboxylic acids is 2. The summed E-state index contributed by atoms with van der Waals surface area (Å²) in [6.45, 7) is 3.27. The molecule has 4 nitrogen and oxygen atoms in total. The molecule has 0 bridgehead atoms. The van der Waals surface area contributed by atoms with Crippen LogP contribution in [0.25, 0.3) is 0 Å². The van der Waals surface area contributed by atoms with Crippen molar-refractivity contribution in [2.45, 2.75) is 31.7 Å². The highest BCUT2D eigenvalue weighted by Gasteiger charge is 2.49. The largest absolute Gasteiger partial charge is 0.405 e. The topological polar surface area (TPSA) is 55.7 Å². The van der Waals surface area contributed by atoms with E-state index >= 15 is 0 Å². The number of ketones is 1. The van der Waals surface area contributed by atoms with Crippen LogP contribution in [0, 0.1) is 0 Å². The first-order valence-electron chi connectivity index (χ1n) is 7.92. The quantitative estimate of drug-likeness (QED) is 0.792. The van der Waals surface area contributed by atoms with Gasteiger partial charge in [0.15, 0.2) is 5.54 Å². The molecule has 24 heavy (non-hydrogen) atoms. The molecule has 0 N–H and O–H groups in total. The van der Waals surface area contributed by atoms with Crippen LogP contribution in [-0.2, 0) is 14.3 Å². The van der Waals surface area contributed by atoms with E-state index in [1.165, 1.54) is 6.92 Å². The van der Waals surface area contributed by atoms with Gasteiger partial charge in [0.1, 0.15) is 5.78 Å². The third-order valence-electron chi connectivity index (χ3n) is 4.33. The van der Waals surface area contributed by atoms with Gasteiger partial charge in [0.25, 0.3) is 0 Å². The summed E-state index contributed by atoms with van der Waals surface area (Å²) < 4.78 is 5.45. The molecule has 1 heterocycles. The number of ether oxygens (including phenoxy) is 1. The molecule has 4 heteroatoms. The van der Waals surface area contributed by atoms with Gasteiger partial charge in [-0.05, 0) is 31.5 Å². The smallest absolute Gasteiger partial charge is 0.341 e. The summed E-state index contributed by atoms with van der Waals surface area (Å²) in [6, 6.07) is 18.9. The first-order valence-corrected chi connectivity index (χ1v) is 7.92. The first-order chi connectivity index (χ1) is 11.5. The summed E-state index contributed by atoms with van der Waals surface area (Å²) in [7, 11) is 0. The Hall–Kier alpha value is -2.75. The van der Waals surface area contributed by atoms with Crippen LogP contribution in [0.3, 0.4) is 0 Å². The average Bonchev–Trinajstić information content (AvgIpc) is 2.90. The standard InChI is InChI=1S/C20H19NO3/c1-14(22)13-17(15-9-5-3-6-10-15)20(2)19(23)24-18(21-20)16-11-7-4-8-12-16/h3-12,17H,13H2,1-2H3/t17-,20-/m1/s1. The highest BCUT2D eigenvalue weighted by Crippen LogP contribution is 2.39. The molecule has 0 amide bonds. The molecule has 0 unspecified atom stereocenters. The maximum Gasteiger partial charge on any atom is 0.341 e. The minimum absolute atomic E-state index is 0.0150. The summed E-state index contributed by atoms with van der Waals surface area (Å²) in [5.41, 5.74) is 0.549. The number of nitrogens with zero attached hydrogens (tertiary/aromatic N) is 1. The first kappa shape index (κ1) is 16.1. The molecule has 0 fully saturated rings. The highest BCUT2D eigenvalue weighted by molar-refractivity contribution is 6.08. The molecule has 2 aromatic carbocycles. The number of esters is 1. The summed E-state index contributed by atoms with van der Waals surface area (Å²) in [5.74, 6) is -0.449. The number of benzene rings is 2. The molecule has 122 valence electrons. The molecule has 0 aliphatic carbocycles. The van der Waals surface area contributed by atoms with Crippen molar-refractivity contribution in [3.05, 3.63) is 71.8 Å². The maximum atomic E-state index is 12.6. The Labute approximate surface area is 141 Å². The maximum absolute atomic E-state index is 12.6. The van der Waals surface area contributed by atoms with Gasteiger partial charge >= 0.3 is 5.97 Å². The van der Waals surface area contributed by atoms with Crippen LogP contribution in [0.2, 0.25) is 0 Å². The number of cyclic esters (lactones) is 1. The van der Waals surface area contributed by atoms with Crippen molar-refractivity contribution < 1.29 is 14.3 Å². The van der Waals surface area contributed by atoms with Crippen LogP contribution in [0.1, 0.15) is 37.3 Å². The Morgan fingerprint density at radius 1 is 1.08 bits per heavy atom. The van der Waals surface area contributed by atoms with E-state index in [9.17, 15) is 9.59 Å². The van der Waals surface area contributed by atoms with Gasteiger partial charge in [0.05, 0.1) is 0 Å². The Kier molecular flexibility index (Phi) is 4.30.